The molecule has 0 aromatic rings. The van der Waals surface area contributed by atoms with Crippen LogP contribution in [0.3, 0.4) is 0 Å². The maximum Gasteiger partial charge on any atom is 1.00 e. The maximum absolute atomic E-state index is 3.53. The van der Waals surface area contributed by atoms with Crippen LogP contribution in [0.1, 0.15) is 47.0 Å². The van der Waals surface area contributed by atoms with Crippen LogP contribution in [0.15, 0.2) is 0 Å². The van der Waals surface area contributed by atoms with E-state index in [0.717, 1.165) is 6.42 Å². The number of hydrogen-bond acceptors (Lipinski definition) is 0. The molecule has 0 aliphatic rings. The van der Waals surface area contributed by atoms with E-state index in [9.17, 15) is 0 Å². The summed E-state index contributed by atoms with van der Waals surface area (Å²) in [7, 11) is 0. The van der Waals surface area contributed by atoms with Crippen LogP contribution in [-0.4, -0.2) is 6.15 Å². The van der Waals surface area contributed by atoms with Gasteiger partial charge in [0.25, 0.3) is 0 Å². The van der Waals surface area contributed by atoms with Gasteiger partial charge in [0.2, 0.25) is 0 Å². The van der Waals surface area contributed by atoms with Crippen molar-refractivity contribution in [1.29, 1.82) is 0 Å². The molecule has 0 N–H and O–H groups in total. The van der Waals surface area contributed by atoms with Crippen molar-refractivity contribution in [2.45, 2.75) is 65.9 Å². The van der Waals surface area contributed by atoms with E-state index in [1.807, 2.05) is 0 Å². The fourth-order valence-electron chi connectivity index (χ4n) is 1.73. The second-order valence-electron chi connectivity index (χ2n) is 4.13. The third-order valence-electron chi connectivity index (χ3n) is 3.41. The SMILES string of the molecule is CCCCC#C[B-](CC)(CC)CC.[Li+]. The Morgan fingerprint density at radius 2 is 1.43 bits per heavy atom. The van der Waals surface area contributed by atoms with E-state index in [2.05, 4.69) is 39.4 Å². The number of unbranched alkanes of at least 4 members (excludes halogenated alkanes) is 2. The van der Waals surface area contributed by atoms with Gasteiger partial charge in [-0.2, -0.15) is 24.9 Å². The van der Waals surface area contributed by atoms with Crippen LogP contribution < -0.4 is 18.9 Å². The zero-order valence-electron chi connectivity index (χ0n) is 10.8. The molecule has 0 saturated carbocycles. The summed E-state index contributed by atoms with van der Waals surface area (Å²) in [4.78, 5) is 0. The standard InChI is InChI=1S/C12H24B.Li/c1-5-9-10-11-12-13(6-2,7-3)8-4;/h5-10H2,1-4H3;/q-1;+1. The Morgan fingerprint density at radius 1 is 0.929 bits per heavy atom. The molecule has 14 heavy (non-hydrogen) atoms. The van der Waals surface area contributed by atoms with Gasteiger partial charge in [-0.15, -0.1) is 0 Å². The Kier molecular flexibility index (Phi) is 11.6. The van der Waals surface area contributed by atoms with Crippen molar-refractivity contribution in [3.05, 3.63) is 0 Å². The summed E-state index contributed by atoms with van der Waals surface area (Å²) in [5, 5.41) is 0. The number of rotatable bonds is 5. The first kappa shape index (κ1) is 16.6. The van der Waals surface area contributed by atoms with E-state index in [-0.39, 0.29) is 25.0 Å². The summed E-state index contributed by atoms with van der Waals surface area (Å²) in [6, 6.07) is 0. The van der Waals surface area contributed by atoms with Gasteiger partial charge in [0.05, 0.1) is 6.15 Å². The van der Waals surface area contributed by atoms with Crippen molar-refractivity contribution in [3.63, 3.8) is 0 Å². The molecule has 0 rings (SSSR count). The van der Waals surface area contributed by atoms with Crippen LogP contribution in [0.2, 0.25) is 19.0 Å². The van der Waals surface area contributed by atoms with Gasteiger partial charge in [-0.05, 0) is 6.42 Å². The molecule has 0 fully saturated rings. The predicted molar refractivity (Wildman–Crippen MR) is 64.5 cm³/mol. The third-order valence-corrected chi connectivity index (χ3v) is 3.41. The summed E-state index contributed by atoms with van der Waals surface area (Å²) >= 11 is 0. The Hall–Kier alpha value is 0.222. The molecule has 0 nitrogen and oxygen atoms in total. The molecular formula is C12H24BLi. The topological polar surface area (TPSA) is 0 Å². The normalized spacial score (nSPS) is 10.0. The molecular weight excluding hydrogens is 162 g/mol. The molecule has 0 unspecified atom stereocenters. The summed E-state index contributed by atoms with van der Waals surface area (Å²) in [5.74, 6) is 6.89. The summed E-state index contributed by atoms with van der Waals surface area (Å²) in [5.41, 5.74) is 0. The van der Waals surface area contributed by atoms with Gasteiger partial charge in [0, 0.05) is 6.42 Å². The van der Waals surface area contributed by atoms with Crippen LogP contribution in [0.5, 0.6) is 0 Å². The Labute approximate surface area is 103 Å². The Balaban J connectivity index is 0. The molecule has 0 atom stereocenters. The fraction of sp³-hybridized carbons (Fsp3) is 0.833. The molecule has 76 valence electrons. The van der Waals surface area contributed by atoms with Gasteiger partial charge in [-0.1, -0.05) is 34.1 Å². The van der Waals surface area contributed by atoms with Gasteiger partial charge in [-0.25, -0.2) is 0 Å². The van der Waals surface area contributed by atoms with Crippen molar-refractivity contribution in [2.75, 3.05) is 0 Å². The summed E-state index contributed by atoms with van der Waals surface area (Å²) in [6.45, 7) is 9.06. The van der Waals surface area contributed by atoms with Crippen LogP contribution in [0, 0.1) is 11.7 Å². The minimum absolute atomic E-state index is 0. The largest absolute Gasteiger partial charge is 1.00 e. The Bertz CT molecular complexity index is 166. The van der Waals surface area contributed by atoms with E-state index < -0.39 is 0 Å². The molecule has 0 amide bonds. The predicted octanol–water partition coefficient (Wildman–Crippen LogP) is 1.23. The Morgan fingerprint density at radius 3 is 1.79 bits per heavy atom. The van der Waals surface area contributed by atoms with Gasteiger partial charge in [0.1, 0.15) is 0 Å². The average Bonchev–Trinajstić information content (AvgIpc) is 2.20. The smallest absolute Gasteiger partial charge is 0.315 e. The minimum atomic E-state index is -0.336. The van der Waals surface area contributed by atoms with Crippen LogP contribution >= 0.6 is 0 Å². The molecule has 0 aromatic heterocycles. The molecule has 0 aliphatic carbocycles. The van der Waals surface area contributed by atoms with Gasteiger partial charge >= 0.3 is 18.9 Å². The monoisotopic (exact) mass is 186 g/mol. The van der Waals surface area contributed by atoms with Crippen LogP contribution in [0.25, 0.3) is 0 Å². The van der Waals surface area contributed by atoms with Crippen molar-refractivity contribution < 1.29 is 18.9 Å². The van der Waals surface area contributed by atoms with Crippen LogP contribution in [0.4, 0.5) is 0 Å². The van der Waals surface area contributed by atoms with Crippen LogP contribution in [-0.2, 0) is 0 Å². The van der Waals surface area contributed by atoms with E-state index >= 15 is 0 Å². The van der Waals surface area contributed by atoms with E-state index in [0.29, 0.717) is 0 Å². The molecule has 0 aliphatic heterocycles. The molecule has 0 saturated heterocycles. The van der Waals surface area contributed by atoms with Gasteiger partial charge in [-0.3, -0.25) is 0 Å². The van der Waals surface area contributed by atoms with E-state index in [4.69, 9.17) is 0 Å². The summed E-state index contributed by atoms with van der Waals surface area (Å²) in [6.07, 6.45) is 7.05. The zero-order valence-corrected chi connectivity index (χ0v) is 10.8. The molecule has 2 heteroatoms. The quantitative estimate of drug-likeness (QED) is 0.344. The van der Waals surface area contributed by atoms with Gasteiger partial charge in [0.15, 0.2) is 0 Å². The van der Waals surface area contributed by atoms with Crippen molar-refractivity contribution in [3.8, 4) is 11.7 Å². The fourth-order valence-corrected chi connectivity index (χ4v) is 1.73. The zero-order chi connectivity index (χ0) is 10.2. The number of hydrogen-bond donors (Lipinski definition) is 0. The minimum Gasteiger partial charge on any atom is -0.315 e. The molecule has 0 aromatic carbocycles. The molecule has 0 spiro atoms. The first-order valence-electron chi connectivity index (χ1n) is 5.95. The third kappa shape index (κ3) is 5.85. The van der Waals surface area contributed by atoms with Crippen molar-refractivity contribution in [2.24, 2.45) is 0 Å². The second kappa shape index (κ2) is 9.77. The molecule has 0 radical (unpaired) electrons. The van der Waals surface area contributed by atoms with Gasteiger partial charge < -0.3 is 5.82 Å². The molecule has 0 bridgehead atoms. The first-order chi connectivity index (χ1) is 6.24. The average molecular weight is 186 g/mol. The second-order valence-corrected chi connectivity index (χ2v) is 4.13. The van der Waals surface area contributed by atoms with Crippen molar-refractivity contribution in [1.82, 2.24) is 0 Å². The van der Waals surface area contributed by atoms with Crippen molar-refractivity contribution >= 4 is 6.15 Å². The van der Waals surface area contributed by atoms with E-state index in [1.54, 1.807) is 0 Å². The van der Waals surface area contributed by atoms with E-state index in [1.165, 1.54) is 31.8 Å². The maximum atomic E-state index is 3.53. The first-order valence-corrected chi connectivity index (χ1v) is 5.95. The summed E-state index contributed by atoms with van der Waals surface area (Å²) < 4.78 is 0. The molecule has 0 heterocycles.